The van der Waals surface area contributed by atoms with E-state index in [9.17, 15) is 0 Å². The van der Waals surface area contributed by atoms with Crippen LogP contribution in [0.5, 0.6) is 0 Å². The number of rotatable bonds is 5. The molecule has 0 aliphatic heterocycles. The summed E-state index contributed by atoms with van der Waals surface area (Å²) in [6.07, 6.45) is 0. The van der Waals surface area contributed by atoms with Crippen LogP contribution in [0, 0.1) is 0 Å². The Hall–Kier alpha value is -7.16. The van der Waals surface area contributed by atoms with E-state index in [2.05, 4.69) is 193 Å². The van der Waals surface area contributed by atoms with Gasteiger partial charge in [0.25, 0.3) is 0 Å². The highest BCUT2D eigenvalue weighted by molar-refractivity contribution is 6.13. The molecule has 2 heteroatoms. The molecule has 0 radical (unpaired) electrons. The lowest BCUT2D eigenvalue weighted by molar-refractivity contribution is 0.670. The first kappa shape index (κ1) is 30.5. The fourth-order valence-corrected chi connectivity index (χ4v) is 8.45. The molecule has 0 aliphatic carbocycles. The van der Waals surface area contributed by atoms with Gasteiger partial charge in [-0.2, -0.15) is 0 Å². The summed E-state index contributed by atoms with van der Waals surface area (Å²) in [5, 5.41) is 12.3. The van der Waals surface area contributed by atoms with E-state index < -0.39 is 0 Å². The molecular weight excluding hydrogens is 655 g/mol. The van der Waals surface area contributed by atoms with Crippen molar-refractivity contribution in [2.24, 2.45) is 0 Å². The van der Waals surface area contributed by atoms with Crippen molar-refractivity contribution in [2.45, 2.75) is 0 Å². The Kier molecular flexibility index (Phi) is 6.90. The molecule has 0 N–H and O–H groups in total. The number of nitrogens with zero attached hydrogens (tertiary/aromatic N) is 1. The SMILES string of the molecule is c1cc(-c2cccc3c2oc2ccccc23)cc(N(c2ccc(-c3cccc4c3ccc3ccccc34)cc2)c2ccc3ccc4ccccc4c3c2)c1. The van der Waals surface area contributed by atoms with Crippen LogP contribution in [-0.2, 0) is 0 Å². The summed E-state index contributed by atoms with van der Waals surface area (Å²) in [6, 6.07) is 72.3. The van der Waals surface area contributed by atoms with Crippen LogP contribution < -0.4 is 4.90 Å². The van der Waals surface area contributed by atoms with Crippen LogP contribution in [0.15, 0.2) is 205 Å². The Morgan fingerprint density at radius 3 is 1.69 bits per heavy atom. The van der Waals surface area contributed by atoms with Crippen molar-refractivity contribution in [1.29, 1.82) is 0 Å². The Morgan fingerprint density at radius 1 is 0.296 bits per heavy atom. The van der Waals surface area contributed by atoms with Crippen molar-refractivity contribution in [1.82, 2.24) is 0 Å². The predicted molar refractivity (Wildman–Crippen MR) is 229 cm³/mol. The monoisotopic (exact) mass is 687 g/mol. The minimum atomic E-state index is 0.903. The van der Waals surface area contributed by atoms with Gasteiger partial charge in [-0.25, -0.2) is 0 Å². The minimum Gasteiger partial charge on any atom is -0.455 e. The van der Waals surface area contributed by atoms with Gasteiger partial charge in [-0.3, -0.25) is 0 Å². The van der Waals surface area contributed by atoms with Crippen LogP contribution in [0.3, 0.4) is 0 Å². The molecule has 0 bridgehead atoms. The lowest BCUT2D eigenvalue weighted by Crippen LogP contribution is -2.10. The number of furan rings is 1. The molecule has 1 heterocycles. The van der Waals surface area contributed by atoms with Gasteiger partial charge in [-0.05, 0) is 102 Å². The number of hydrogen-bond donors (Lipinski definition) is 0. The largest absolute Gasteiger partial charge is 0.455 e. The van der Waals surface area contributed by atoms with Crippen LogP contribution in [0.25, 0.3) is 87.3 Å². The van der Waals surface area contributed by atoms with Crippen LogP contribution in [0.4, 0.5) is 17.1 Å². The average molecular weight is 688 g/mol. The lowest BCUT2D eigenvalue weighted by atomic mass is 9.94. The smallest absolute Gasteiger partial charge is 0.143 e. The van der Waals surface area contributed by atoms with E-state index >= 15 is 0 Å². The second-order valence-corrected chi connectivity index (χ2v) is 14.1. The average Bonchev–Trinajstić information content (AvgIpc) is 3.63. The molecule has 0 fully saturated rings. The van der Waals surface area contributed by atoms with Gasteiger partial charge in [-0.1, -0.05) is 158 Å². The molecular formula is C52H33NO. The van der Waals surface area contributed by atoms with Crippen molar-refractivity contribution >= 4 is 82.1 Å². The van der Waals surface area contributed by atoms with E-state index in [1.54, 1.807) is 0 Å². The van der Waals surface area contributed by atoms with Crippen LogP contribution >= 0.6 is 0 Å². The molecule has 0 unspecified atom stereocenters. The normalized spacial score (nSPS) is 11.7. The van der Waals surface area contributed by atoms with Gasteiger partial charge in [-0.15, -0.1) is 0 Å². The first-order valence-corrected chi connectivity index (χ1v) is 18.5. The van der Waals surface area contributed by atoms with E-state index in [1.807, 2.05) is 12.1 Å². The molecule has 0 saturated heterocycles. The molecule has 0 atom stereocenters. The second-order valence-electron chi connectivity index (χ2n) is 14.1. The van der Waals surface area contributed by atoms with Crippen molar-refractivity contribution in [2.75, 3.05) is 4.90 Å². The second kappa shape index (κ2) is 12.2. The zero-order valence-electron chi connectivity index (χ0n) is 29.4. The third-order valence-corrected chi connectivity index (χ3v) is 11.0. The van der Waals surface area contributed by atoms with Crippen molar-refractivity contribution < 1.29 is 4.42 Å². The molecule has 10 aromatic carbocycles. The van der Waals surface area contributed by atoms with E-state index in [-0.39, 0.29) is 0 Å². The molecule has 11 rings (SSSR count). The predicted octanol–water partition coefficient (Wildman–Crippen LogP) is 15.0. The Bertz CT molecular complexity index is 3230. The van der Waals surface area contributed by atoms with Gasteiger partial charge in [0.05, 0.1) is 0 Å². The Balaban J connectivity index is 1.08. The first-order chi connectivity index (χ1) is 26.8. The summed E-state index contributed by atoms with van der Waals surface area (Å²) in [7, 11) is 0. The summed E-state index contributed by atoms with van der Waals surface area (Å²) in [5.41, 5.74) is 9.67. The summed E-state index contributed by atoms with van der Waals surface area (Å²) in [6.45, 7) is 0. The number of fused-ring (bicyclic) bond motifs is 9. The molecule has 11 aromatic rings. The van der Waals surface area contributed by atoms with Crippen molar-refractivity contribution in [3.8, 4) is 22.3 Å². The minimum absolute atomic E-state index is 0.903. The fraction of sp³-hybridized carbons (Fsp3) is 0. The van der Waals surface area contributed by atoms with Crippen LogP contribution in [-0.4, -0.2) is 0 Å². The maximum absolute atomic E-state index is 6.49. The standard InChI is InChI=1S/C52H33NO/c1-3-14-42-35(11-1)27-31-47-43(17-8-19-46(42)47)36-24-28-39(29-25-36)53(41-30-26-37-23-22-34-10-2-4-15-44(34)50(37)33-41)40-13-7-12-38(32-40)45-18-9-20-49-48-16-5-6-21-51(48)54-52(45)49/h1-33H. The van der Waals surface area contributed by atoms with Gasteiger partial charge in [0.2, 0.25) is 0 Å². The van der Waals surface area contributed by atoms with Gasteiger partial charge < -0.3 is 9.32 Å². The van der Waals surface area contributed by atoms with Gasteiger partial charge in [0.1, 0.15) is 11.2 Å². The maximum Gasteiger partial charge on any atom is 0.143 e. The number of benzene rings is 10. The highest BCUT2D eigenvalue weighted by atomic mass is 16.3. The fourth-order valence-electron chi connectivity index (χ4n) is 8.45. The molecule has 252 valence electrons. The molecule has 1 aromatic heterocycles. The quantitative estimate of drug-likeness (QED) is 0.168. The maximum atomic E-state index is 6.49. The third-order valence-electron chi connectivity index (χ3n) is 11.0. The van der Waals surface area contributed by atoms with E-state index in [0.29, 0.717) is 0 Å². The van der Waals surface area contributed by atoms with Gasteiger partial charge in [0, 0.05) is 33.4 Å². The molecule has 2 nitrogen and oxygen atoms in total. The van der Waals surface area contributed by atoms with E-state index in [0.717, 1.165) is 50.1 Å². The zero-order valence-corrected chi connectivity index (χ0v) is 29.4. The highest BCUT2D eigenvalue weighted by Gasteiger charge is 2.18. The summed E-state index contributed by atoms with van der Waals surface area (Å²) in [5.74, 6) is 0. The van der Waals surface area contributed by atoms with Crippen LogP contribution in [0.2, 0.25) is 0 Å². The van der Waals surface area contributed by atoms with Crippen molar-refractivity contribution in [3.05, 3.63) is 200 Å². The number of hydrogen-bond acceptors (Lipinski definition) is 2. The molecule has 0 spiro atoms. The van der Waals surface area contributed by atoms with Crippen LogP contribution in [0.1, 0.15) is 0 Å². The van der Waals surface area contributed by atoms with E-state index in [4.69, 9.17) is 4.42 Å². The third kappa shape index (κ3) is 4.88. The Morgan fingerprint density at radius 2 is 0.870 bits per heavy atom. The van der Waals surface area contributed by atoms with Gasteiger partial charge in [0.15, 0.2) is 0 Å². The number of para-hydroxylation sites is 2. The molecule has 54 heavy (non-hydrogen) atoms. The molecule has 0 aliphatic rings. The summed E-state index contributed by atoms with van der Waals surface area (Å²) < 4.78 is 6.49. The Labute approximate surface area is 312 Å². The number of anilines is 3. The summed E-state index contributed by atoms with van der Waals surface area (Å²) >= 11 is 0. The first-order valence-electron chi connectivity index (χ1n) is 18.5. The lowest BCUT2D eigenvalue weighted by Gasteiger charge is -2.27. The summed E-state index contributed by atoms with van der Waals surface area (Å²) in [4.78, 5) is 2.38. The van der Waals surface area contributed by atoms with Gasteiger partial charge >= 0.3 is 0 Å². The molecule has 0 saturated carbocycles. The van der Waals surface area contributed by atoms with E-state index in [1.165, 1.54) is 54.2 Å². The topological polar surface area (TPSA) is 16.4 Å². The zero-order chi connectivity index (χ0) is 35.6. The molecule has 0 amide bonds. The highest BCUT2D eigenvalue weighted by Crippen LogP contribution is 2.42. The van der Waals surface area contributed by atoms with Crippen molar-refractivity contribution in [3.63, 3.8) is 0 Å².